The van der Waals surface area contributed by atoms with Crippen molar-refractivity contribution < 1.29 is 41.8 Å². The summed E-state index contributed by atoms with van der Waals surface area (Å²) in [5, 5.41) is 5.89. The van der Waals surface area contributed by atoms with E-state index in [1.54, 1.807) is 7.11 Å². The van der Waals surface area contributed by atoms with Gasteiger partial charge in [0.25, 0.3) is 5.91 Å². The molecule has 4 amide bonds. The zero-order valence-corrected chi connectivity index (χ0v) is 35.0. The van der Waals surface area contributed by atoms with Crippen LogP contribution in [0.2, 0.25) is 0 Å². The second kappa shape index (κ2) is 17.4. The van der Waals surface area contributed by atoms with Crippen molar-refractivity contribution in [2.24, 2.45) is 11.8 Å². The number of hydrogen-bond donors (Lipinski definition) is 3. The molecule has 3 N–H and O–H groups in total. The summed E-state index contributed by atoms with van der Waals surface area (Å²) in [5.41, 5.74) is 1.64. The highest BCUT2D eigenvalue weighted by atomic mass is 32.2. The molecule has 3 aliphatic carbocycles. The summed E-state index contributed by atoms with van der Waals surface area (Å²) in [6.07, 6.45) is 9.59. The van der Waals surface area contributed by atoms with Gasteiger partial charge in [0, 0.05) is 35.4 Å². The average Bonchev–Trinajstić information content (AvgIpc) is 4.19. The molecule has 1 aromatic heterocycles. The zero-order valence-electron chi connectivity index (χ0n) is 34.2. The fourth-order valence-corrected chi connectivity index (χ4v) is 10.6. The Labute approximate surface area is 351 Å². The number of carbonyl (C=O) groups excluding carboxylic acids is 4. The number of cyclic esters (lactones) is 1. The molecule has 5 aliphatic rings. The largest absolute Gasteiger partial charge is 0.496 e. The topological polar surface area (TPSA) is 182 Å². The smallest absolute Gasteiger partial charge is 0.407 e. The van der Waals surface area contributed by atoms with Gasteiger partial charge in [-0.15, -0.1) is 6.58 Å². The van der Waals surface area contributed by atoms with Crippen molar-refractivity contribution in [1.29, 1.82) is 0 Å². The number of ether oxygens (including phenoxy) is 3. The van der Waals surface area contributed by atoms with Crippen LogP contribution in [-0.2, 0) is 35.6 Å². The van der Waals surface area contributed by atoms with Gasteiger partial charge >= 0.3 is 6.09 Å². The van der Waals surface area contributed by atoms with Crippen molar-refractivity contribution in [3.8, 4) is 22.8 Å². The monoisotopic (exact) mass is 841 g/mol. The summed E-state index contributed by atoms with van der Waals surface area (Å²) in [4.78, 5) is 63.1. The van der Waals surface area contributed by atoms with E-state index in [0.717, 1.165) is 74.3 Å². The standard InChI is InChI=1S/C45H55N5O9S/c1-3-31-26-45(31,43(53)49-60(55,56)33-19-20-33)48-41(51)37-23-32-27-50(37)42(52)40(29-16-11-7-12-17-29)47-44(54)58-21-13-5-4-8-18-30-22-34-36(25-38(30)57-2)46-35(24-39(34)59-32)28-14-9-6-10-15-28/h3,6,9-10,14-15,22,24-25,29,31-33,37,40H,1,4-5,7-8,11-13,16-21,23,26-27H2,2H3,(H,47,54)(H,48,51)(H,49,53)/t31-,32-,37+,40+,45-/m1/s1. The van der Waals surface area contributed by atoms with E-state index in [0.29, 0.717) is 42.0 Å². The van der Waals surface area contributed by atoms with Gasteiger partial charge in [-0.2, -0.15) is 0 Å². The van der Waals surface area contributed by atoms with Gasteiger partial charge in [-0.05, 0) is 68.9 Å². The number of nitrogens with one attached hydrogen (secondary N) is 3. The van der Waals surface area contributed by atoms with Gasteiger partial charge < -0.3 is 29.7 Å². The number of rotatable bonds is 9. The SMILES string of the molecule is C=C[C@@H]1C[C@]1(NC(=O)[C@@H]1C[C@@H]2CN1C(=O)[C@H](C1CCCCC1)NC(=O)OCCCCCCc1cc3c(cc(-c4ccccc4)nc3cc1OC)O2)C(=O)NS(=O)(=O)C1CC1. The molecule has 4 fully saturated rings. The molecule has 3 saturated carbocycles. The molecule has 3 heterocycles. The van der Waals surface area contributed by atoms with Crippen LogP contribution >= 0.6 is 0 Å². The first kappa shape index (κ1) is 41.5. The average molecular weight is 842 g/mol. The van der Waals surface area contributed by atoms with E-state index in [-0.39, 0.29) is 31.9 Å². The quantitative estimate of drug-likeness (QED) is 0.226. The maximum Gasteiger partial charge on any atom is 0.407 e. The van der Waals surface area contributed by atoms with Gasteiger partial charge in [-0.3, -0.25) is 19.1 Å². The summed E-state index contributed by atoms with van der Waals surface area (Å²) in [5.74, 6) is -1.34. The summed E-state index contributed by atoms with van der Waals surface area (Å²) < 4.78 is 46.3. The van der Waals surface area contributed by atoms with Gasteiger partial charge in [-0.1, -0.05) is 68.5 Å². The van der Waals surface area contributed by atoms with Crippen LogP contribution in [0.25, 0.3) is 22.2 Å². The van der Waals surface area contributed by atoms with Crippen LogP contribution in [0.5, 0.6) is 11.5 Å². The highest BCUT2D eigenvalue weighted by Crippen LogP contribution is 2.46. The third-order valence-electron chi connectivity index (χ3n) is 12.9. The maximum atomic E-state index is 15.0. The first-order valence-corrected chi connectivity index (χ1v) is 23.0. The van der Waals surface area contributed by atoms with Crippen LogP contribution in [0.4, 0.5) is 4.79 Å². The molecule has 2 aliphatic heterocycles. The number of aromatic nitrogens is 1. The molecule has 5 atom stereocenters. The van der Waals surface area contributed by atoms with Crippen molar-refractivity contribution >= 4 is 44.7 Å². The summed E-state index contributed by atoms with van der Waals surface area (Å²) in [6.45, 7) is 4.03. The minimum atomic E-state index is -3.91. The highest BCUT2D eigenvalue weighted by molar-refractivity contribution is 7.91. The number of alkyl carbamates (subject to hydrolysis) is 1. The molecule has 1 saturated heterocycles. The fraction of sp³-hybridized carbons (Fsp3) is 0.533. The number of hydrogen-bond acceptors (Lipinski definition) is 10. The highest BCUT2D eigenvalue weighted by Gasteiger charge is 2.62. The molecule has 2 aromatic carbocycles. The van der Waals surface area contributed by atoms with E-state index < -0.39 is 68.7 Å². The lowest BCUT2D eigenvalue weighted by molar-refractivity contribution is -0.142. The lowest BCUT2D eigenvalue weighted by Gasteiger charge is -2.34. The summed E-state index contributed by atoms with van der Waals surface area (Å²) >= 11 is 0. The van der Waals surface area contributed by atoms with Crippen molar-refractivity contribution in [1.82, 2.24) is 25.2 Å². The van der Waals surface area contributed by atoms with Crippen LogP contribution in [0.15, 0.2) is 61.2 Å². The molecule has 15 heteroatoms. The molecule has 8 rings (SSSR count). The predicted octanol–water partition coefficient (Wildman–Crippen LogP) is 5.72. The van der Waals surface area contributed by atoms with Gasteiger partial charge in [0.05, 0.1) is 36.7 Å². The fourth-order valence-electron chi connectivity index (χ4n) is 9.21. The summed E-state index contributed by atoms with van der Waals surface area (Å²) in [6, 6.07) is 13.5. The number of benzene rings is 2. The van der Waals surface area contributed by atoms with Crippen molar-refractivity contribution in [2.75, 3.05) is 20.3 Å². The number of aryl methyl sites for hydroxylation is 1. The number of pyridine rings is 1. The number of nitrogens with zero attached hydrogens (tertiary/aromatic N) is 2. The Morgan fingerprint density at radius 1 is 1.00 bits per heavy atom. The van der Waals surface area contributed by atoms with E-state index in [4.69, 9.17) is 19.2 Å². The van der Waals surface area contributed by atoms with Crippen LogP contribution in [0.3, 0.4) is 0 Å². The maximum absolute atomic E-state index is 15.0. The van der Waals surface area contributed by atoms with Gasteiger partial charge in [0.2, 0.25) is 21.8 Å². The van der Waals surface area contributed by atoms with Crippen molar-refractivity contribution in [3.05, 3.63) is 66.7 Å². The van der Waals surface area contributed by atoms with Crippen molar-refractivity contribution in [3.63, 3.8) is 0 Å². The molecule has 0 radical (unpaired) electrons. The summed E-state index contributed by atoms with van der Waals surface area (Å²) in [7, 11) is -2.27. The van der Waals surface area contributed by atoms with E-state index in [1.165, 1.54) is 11.0 Å². The Balaban J connectivity index is 1.17. The second-order valence-corrected chi connectivity index (χ2v) is 19.0. The predicted molar refractivity (Wildman–Crippen MR) is 225 cm³/mol. The van der Waals surface area contributed by atoms with Crippen molar-refractivity contribution in [2.45, 2.75) is 119 Å². The molecular weight excluding hydrogens is 787 g/mol. The number of methoxy groups -OCH3 is 1. The Bertz CT molecular complexity index is 2240. The van der Waals surface area contributed by atoms with E-state index in [9.17, 15) is 27.6 Å². The lowest BCUT2D eigenvalue weighted by Crippen LogP contribution is -2.59. The minimum Gasteiger partial charge on any atom is -0.496 e. The van der Waals surface area contributed by atoms with Crippen LogP contribution in [-0.4, -0.2) is 91.4 Å². The Hall–Kier alpha value is -5.18. The molecule has 3 aromatic rings. The first-order valence-electron chi connectivity index (χ1n) is 21.5. The third kappa shape index (κ3) is 8.82. The number of carbonyl (C=O) groups is 4. The van der Waals surface area contributed by atoms with Crippen LogP contribution < -0.4 is 24.8 Å². The Morgan fingerprint density at radius 2 is 1.75 bits per heavy atom. The zero-order chi connectivity index (χ0) is 42.0. The third-order valence-corrected chi connectivity index (χ3v) is 14.7. The van der Waals surface area contributed by atoms with E-state index in [1.807, 2.05) is 48.5 Å². The molecule has 0 unspecified atom stereocenters. The Morgan fingerprint density at radius 3 is 2.47 bits per heavy atom. The van der Waals surface area contributed by atoms with Gasteiger partial charge in [0.1, 0.15) is 35.2 Å². The minimum absolute atomic E-state index is 0.00447. The Kier molecular flexibility index (Phi) is 12.1. The molecule has 320 valence electrons. The number of sulfonamides is 1. The molecule has 0 spiro atoms. The second-order valence-electron chi connectivity index (χ2n) is 17.0. The van der Waals surface area contributed by atoms with E-state index in [2.05, 4.69) is 21.9 Å². The van der Waals surface area contributed by atoms with Crippen LogP contribution in [0.1, 0.15) is 89.0 Å². The lowest BCUT2D eigenvalue weighted by atomic mass is 9.83. The van der Waals surface area contributed by atoms with E-state index >= 15 is 0 Å². The molecule has 4 bridgehead atoms. The molecule has 60 heavy (non-hydrogen) atoms. The van der Waals surface area contributed by atoms with Gasteiger partial charge in [-0.25, -0.2) is 18.2 Å². The normalized spacial score (nSPS) is 26.7. The number of fused-ring (bicyclic) bond motifs is 3. The number of amides is 4. The first-order chi connectivity index (χ1) is 29.0. The van der Waals surface area contributed by atoms with Crippen LogP contribution in [0, 0.1) is 11.8 Å². The molecule has 14 nitrogen and oxygen atoms in total. The molecular formula is C45H55N5O9S. The van der Waals surface area contributed by atoms with Gasteiger partial charge in [0.15, 0.2) is 0 Å².